The molecule has 1 aromatic rings. The Morgan fingerprint density at radius 1 is 1.26 bits per heavy atom. The number of carbonyl (C=O) groups excluding carboxylic acids is 2. The van der Waals surface area contributed by atoms with Gasteiger partial charge in [-0.25, -0.2) is 8.42 Å². The third kappa shape index (κ3) is 5.67. The summed E-state index contributed by atoms with van der Waals surface area (Å²) in [5, 5.41) is 2.64. The summed E-state index contributed by atoms with van der Waals surface area (Å²) in [6.45, 7) is 1.30. The zero-order valence-electron chi connectivity index (χ0n) is 13.1. The lowest BCUT2D eigenvalue weighted by molar-refractivity contribution is -0.148. The SMILES string of the molecule is C[C@]1(NC(=O)COC(=O)CCc2ccccc2)CCS(=O)(=O)C1. The minimum atomic E-state index is -3.09. The van der Waals surface area contributed by atoms with Crippen LogP contribution in [0, 0.1) is 0 Å². The van der Waals surface area contributed by atoms with Crippen molar-refractivity contribution in [1.29, 1.82) is 0 Å². The summed E-state index contributed by atoms with van der Waals surface area (Å²) >= 11 is 0. The summed E-state index contributed by atoms with van der Waals surface area (Å²) in [6, 6.07) is 9.52. The van der Waals surface area contributed by atoms with Crippen molar-refractivity contribution < 1.29 is 22.7 Å². The molecule has 1 saturated heterocycles. The van der Waals surface area contributed by atoms with Crippen molar-refractivity contribution in [2.75, 3.05) is 18.1 Å². The number of hydrogen-bond donors (Lipinski definition) is 1. The molecular formula is C16H21NO5S. The van der Waals surface area contributed by atoms with E-state index in [0.29, 0.717) is 12.8 Å². The second-order valence-electron chi connectivity index (χ2n) is 6.10. The topological polar surface area (TPSA) is 89.5 Å². The number of amides is 1. The zero-order chi connectivity index (χ0) is 16.9. The van der Waals surface area contributed by atoms with Gasteiger partial charge >= 0.3 is 5.97 Å². The molecule has 7 heteroatoms. The molecule has 1 amide bonds. The highest BCUT2D eigenvalue weighted by atomic mass is 32.2. The predicted molar refractivity (Wildman–Crippen MR) is 85.5 cm³/mol. The van der Waals surface area contributed by atoms with Gasteiger partial charge in [-0.3, -0.25) is 9.59 Å². The molecule has 23 heavy (non-hydrogen) atoms. The zero-order valence-corrected chi connectivity index (χ0v) is 13.9. The van der Waals surface area contributed by atoms with Crippen molar-refractivity contribution in [3.8, 4) is 0 Å². The average Bonchev–Trinajstić information content (AvgIpc) is 2.77. The average molecular weight is 339 g/mol. The van der Waals surface area contributed by atoms with Crippen molar-refractivity contribution in [1.82, 2.24) is 5.32 Å². The van der Waals surface area contributed by atoms with Crippen LogP contribution in [0.4, 0.5) is 0 Å². The second kappa shape index (κ2) is 7.12. The van der Waals surface area contributed by atoms with Crippen LogP contribution in [0.15, 0.2) is 30.3 Å². The molecular weight excluding hydrogens is 318 g/mol. The number of ether oxygens (including phenoxy) is 1. The first kappa shape index (κ1) is 17.5. The molecule has 0 saturated carbocycles. The van der Waals surface area contributed by atoms with Crippen molar-refractivity contribution in [3.63, 3.8) is 0 Å². The summed E-state index contributed by atoms with van der Waals surface area (Å²) in [7, 11) is -3.09. The van der Waals surface area contributed by atoms with E-state index in [1.807, 2.05) is 30.3 Å². The first-order chi connectivity index (χ1) is 10.8. The molecule has 1 atom stereocenters. The highest BCUT2D eigenvalue weighted by Crippen LogP contribution is 2.22. The van der Waals surface area contributed by atoms with E-state index in [-0.39, 0.29) is 24.5 Å². The number of rotatable bonds is 6. The molecule has 0 aliphatic carbocycles. The van der Waals surface area contributed by atoms with Gasteiger partial charge in [0.05, 0.1) is 17.0 Å². The summed E-state index contributed by atoms with van der Waals surface area (Å²) in [6.07, 6.45) is 1.13. The lowest BCUT2D eigenvalue weighted by Gasteiger charge is -2.23. The molecule has 1 N–H and O–H groups in total. The van der Waals surface area contributed by atoms with Crippen LogP contribution in [-0.2, 0) is 30.6 Å². The fourth-order valence-electron chi connectivity index (χ4n) is 2.59. The summed E-state index contributed by atoms with van der Waals surface area (Å²) in [5.74, 6) is -0.931. The van der Waals surface area contributed by atoms with Crippen LogP contribution < -0.4 is 5.32 Å². The van der Waals surface area contributed by atoms with Gasteiger partial charge in [-0.15, -0.1) is 0 Å². The standard InChI is InChI=1S/C16H21NO5S/c1-16(9-10-23(20,21)12-16)17-14(18)11-22-15(19)8-7-13-5-3-2-4-6-13/h2-6H,7-12H2,1H3,(H,17,18)/t16-/m0/s1. The van der Waals surface area contributed by atoms with Crippen LogP contribution in [0.2, 0.25) is 0 Å². The van der Waals surface area contributed by atoms with E-state index in [2.05, 4.69) is 5.32 Å². The molecule has 0 bridgehead atoms. The molecule has 0 unspecified atom stereocenters. The van der Waals surface area contributed by atoms with Crippen LogP contribution in [0.1, 0.15) is 25.3 Å². The monoisotopic (exact) mass is 339 g/mol. The maximum absolute atomic E-state index is 11.8. The molecule has 1 aliphatic heterocycles. The lowest BCUT2D eigenvalue weighted by atomic mass is 10.0. The van der Waals surface area contributed by atoms with E-state index >= 15 is 0 Å². The maximum atomic E-state index is 11.8. The number of nitrogens with one attached hydrogen (secondary N) is 1. The second-order valence-corrected chi connectivity index (χ2v) is 8.28. The van der Waals surface area contributed by atoms with Gasteiger partial charge in [0.25, 0.3) is 5.91 Å². The Morgan fingerprint density at radius 3 is 2.57 bits per heavy atom. The Morgan fingerprint density at radius 2 is 1.96 bits per heavy atom. The molecule has 0 spiro atoms. The molecule has 2 rings (SSSR count). The summed E-state index contributed by atoms with van der Waals surface area (Å²) in [5.41, 5.74) is 0.254. The molecule has 1 aromatic carbocycles. The summed E-state index contributed by atoms with van der Waals surface area (Å²) < 4.78 is 27.9. The number of benzene rings is 1. The Bertz CT molecular complexity index is 671. The molecule has 1 heterocycles. The van der Waals surface area contributed by atoms with E-state index in [0.717, 1.165) is 5.56 Å². The minimum Gasteiger partial charge on any atom is -0.456 e. The van der Waals surface area contributed by atoms with Gasteiger partial charge in [-0.05, 0) is 25.3 Å². The normalized spacial score (nSPS) is 22.5. The Labute approximate surface area is 136 Å². The van der Waals surface area contributed by atoms with Gasteiger partial charge in [0.1, 0.15) is 0 Å². The minimum absolute atomic E-state index is 0.0701. The van der Waals surface area contributed by atoms with Crippen LogP contribution in [-0.4, -0.2) is 43.9 Å². The predicted octanol–water partition coefficient (Wildman–Crippen LogP) is 0.856. The van der Waals surface area contributed by atoms with Crippen LogP contribution in [0.3, 0.4) is 0 Å². The third-order valence-electron chi connectivity index (χ3n) is 3.77. The van der Waals surface area contributed by atoms with E-state index in [1.165, 1.54) is 0 Å². The number of sulfone groups is 1. The molecule has 1 aliphatic rings. The Balaban J connectivity index is 1.71. The van der Waals surface area contributed by atoms with Crippen molar-refractivity contribution in [2.45, 2.75) is 31.7 Å². The largest absolute Gasteiger partial charge is 0.456 e. The van der Waals surface area contributed by atoms with Gasteiger partial charge in [-0.1, -0.05) is 30.3 Å². The van der Waals surface area contributed by atoms with Crippen LogP contribution in [0.5, 0.6) is 0 Å². The van der Waals surface area contributed by atoms with E-state index in [1.54, 1.807) is 6.92 Å². The van der Waals surface area contributed by atoms with Crippen molar-refractivity contribution >= 4 is 21.7 Å². The van der Waals surface area contributed by atoms with E-state index in [4.69, 9.17) is 4.74 Å². The Hall–Kier alpha value is -1.89. The van der Waals surface area contributed by atoms with E-state index < -0.39 is 27.3 Å². The van der Waals surface area contributed by atoms with Gasteiger partial charge in [0.15, 0.2) is 16.4 Å². The molecule has 6 nitrogen and oxygen atoms in total. The van der Waals surface area contributed by atoms with Gasteiger partial charge in [-0.2, -0.15) is 0 Å². The number of esters is 1. The third-order valence-corrected chi connectivity index (χ3v) is 5.67. The van der Waals surface area contributed by atoms with Crippen LogP contribution in [0.25, 0.3) is 0 Å². The highest BCUT2D eigenvalue weighted by molar-refractivity contribution is 7.91. The van der Waals surface area contributed by atoms with Gasteiger partial charge in [0, 0.05) is 6.42 Å². The molecule has 0 radical (unpaired) electrons. The molecule has 1 fully saturated rings. The summed E-state index contributed by atoms with van der Waals surface area (Å²) in [4.78, 5) is 23.5. The van der Waals surface area contributed by atoms with Crippen LogP contribution >= 0.6 is 0 Å². The quantitative estimate of drug-likeness (QED) is 0.776. The fraction of sp³-hybridized carbons (Fsp3) is 0.500. The highest BCUT2D eigenvalue weighted by Gasteiger charge is 2.39. The molecule has 126 valence electrons. The van der Waals surface area contributed by atoms with Crippen molar-refractivity contribution in [2.24, 2.45) is 0 Å². The van der Waals surface area contributed by atoms with Crippen molar-refractivity contribution in [3.05, 3.63) is 35.9 Å². The maximum Gasteiger partial charge on any atom is 0.306 e. The molecule has 0 aromatic heterocycles. The number of hydrogen-bond acceptors (Lipinski definition) is 5. The first-order valence-electron chi connectivity index (χ1n) is 7.49. The number of aryl methyl sites for hydroxylation is 1. The lowest BCUT2D eigenvalue weighted by Crippen LogP contribution is -2.48. The fourth-order valence-corrected chi connectivity index (χ4v) is 4.68. The van der Waals surface area contributed by atoms with Gasteiger partial charge in [0.2, 0.25) is 0 Å². The van der Waals surface area contributed by atoms with E-state index in [9.17, 15) is 18.0 Å². The Kier molecular flexibility index (Phi) is 5.41. The number of carbonyl (C=O) groups is 2. The van der Waals surface area contributed by atoms with Gasteiger partial charge < -0.3 is 10.1 Å². The first-order valence-corrected chi connectivity index (χ1v) is 9.31. The smallest absolute Gasteiger partial charge is 0.306 e.